The lowest BCUT2D eigenvalue weighted by Gasteiger charge is -2.19. The SMILES string of the molecule is O=C(O)C1=CC(O)N(O)C=C1. The van der Waals surface area contributed by atoms with Crippen LogP contribution in [0.4, 0.5) is 0 Å². The molecule has 1 aliphatic rings. The first kappa shape index (κ1) is 7.77. The molecule has 1 heterocycles. The van der Waals surface area contributed by atoms with Crippen molar-refractivity contribution in [2.24, 2.45) is 0 Å². The van der Waals surface area contributed by atoms with Crippen molar-refractivity contribution in [2.45, 2.75) is 6.23 Å². The van der Waals surface area contributed by atoms with Gasteiger partial charge in [0.15, 0.2) is 6.23 Å². The van der Waals surface area contributed by atoms with Gasteiger partial charge in [-0.3, -0.25) is 5.21 Å². The summed E-state index contributed by atoms with van der Waals surface area (Å²) in [6.07, 6.45) is 2.02. The van der Waals surface area contributed by atoms with Crippen molar-refractivity contribution >= 4 is 5.97 Å². The van der Waals surface area contributed by atoms with Crippen LogP contribution in [0.15, 0.2) is 23.9 Å². The number of hydrogen-bond donors (Lipinski definition) is 3. The van der Waals surface area contributed by atoms with Crippen LogP contribution in [0.25, 0.3) is 0 Å². The number of carboxylic acid groups (broad SMARTS) is 1. The highest BCUT2D eigenvalue weighted by Gasteiger charge is 2.15. The Labute approximate surface area is 62.4 Å². The van der Waals surface area contributed by atoms with Crippen molar-refractivity contribution in [3.8, 4) is 0 Å². The van der Waals surface area contributed by atoms with Crippen LogP contribution in [0.3, 0.4) is 0 Å². The molecule has 0 radical (unpaired) electrons. The van der Waals surface area contributed by atoms with Gasteiger partial charge >= 0.3 is 5.97 Å². The first-order valence-electron chi connectivity index (χ1n) is 2.90. The van der Waals surface area contributed by atoms with E-state index in [-0.39, 0.29) is 5.57 Å². The van der Waals surface area contributed by atoms with E-state index in [1.54, 1.807) is 0 Å². The molecule has 1 unspecified atom stereocenters. The molecular weight excluding hydrogens is 150 g/mol. The average Bonchev–Trinajstić information content (AvgIpc) is 1.94. The summed E-state index contributed by atoms with van der Waals surface area (Å²) in [5.74, 6) is -1.13. The molecule has 0 aromatic carbocycles. The third kappa shape index (κ3) is 1.57. The molecule has 60 valence electrons. The molecule has 11 heavy (non-hydrogen) atoms. The predicted octanol–water partition coefficient (Wildman–Crippen LogP) is -0.466. The summed E-state index contributed by atoms with van der Waals surface area (Å²) in [6.45, 7) is 0. The highest BCUT2D eigenvalue weighted by molar-refractivity contribution is 5.90. The zero-order chi connectivity index (χ0) is 8.43. The molecule has 0 amide bonds. The predicted molar refractivity (Wildman–Crippen MR) is 34.5 cm³/mol. The van der Waals surface area contributed by atoms with Crippen LogP contribution < -0.4 is 0 Å². The lowest BCUT2D eigenvalue weighted by atomic mass is 10.2. The number of aliphatic hydroxyl groups excluding tert-OH is 1. The zero-order valence-corrected chi connectivity index (χ0v) is 5.51. The second-order valence-corrected chi connectivity index (χ2v) is 2.04. The van der Waals surface area contributed by atoms with Crippen LogP contribution in [0, 0.1) is 0 Å². The lowest BCUT2D eigenvalue weighted by molar-refractivity contribution is -0.141. The molecule has 1 rings (SSSR count). The molecular formula is C6H7NO4. The minimum Gasteiger partial charge on any atom is -0.478 e. The quantitative estimate of drug-likeness (QED) is 0.479. The monoisotopic (exact) mass is 157 g/mol. The number of nitrogens with zero attached hydrogens (tertiary/aromatic N) is 1. The number of rotatable bonds is 1. The van der Waals surface area contributed by atoms with Gasteiger partial charge in [-0.1, -0.05) is 0 Å². The Bertz CT molecular complexity index is 233. The second kappa shape index (κ2) is 2.73. The standard InChI is InChI=1S/C6H7NO4/c8-5-3-4(6(9)10)1-2-7(5)11/h1-3,5,8,11H,(H,9,10). The fourth-order valence-electron chi connectivity index (χ4n) is 0.680. The van der Waals surface area contributed by atoms with E-state index in [2.05, 4.69) is 0 Å². The number of aliphatic carboxylic acids is 1. The van der Waals surface area contributed by atoms with E-state index in [4.69, 9.17) is 15.4 Å². The van der Waals surface area contributed by atoms with Gasteiger partial charge in [0, 0.05) is 6.20 Å². The van der Waals surface area contributed by atoms with E-state index < -0.39 is 12.2 Å². The Kier molecular flexibility index (Phi) is 1.93. The minimum atomic E-state index is -1.27. The van der Waals surface area contributed by atoms with Gasteiger partial charge in [-0.2, -0.15) is 0 Å². The molecule has 0 fully saturated rings. The maximum atomic E-state index is 10.3. The molecule has 5 nitrogen and oxygen atoms in total. The Morgan fingerprint density at radius 2 is 2.27 bits per heavy atom. The van der Waals surface area contributed by atoms with Crippen LogP contribution in [-0.2, 0) is 4.79 Å². The van der Waals surface area contributed by atoms with Crippen molar-refractivity contribution in [3.63, 3.8) is 0 Å². The Balaban J connectivity index is 2.80. The third-order valence-electron chi connectivity index (χ3n) is 1.25. The number of carboxylic acids is 1. The van der Waals surface area contributed by atoms with Crippen LogP contribution in [0.2, 0.25) is 0 Å². The fourth-order valence-corrected chi connectivity index (χ4v) is 0.680. The van der Waals surface area contributed by atoms with Crippen LogP contribution in [0.5, 0.6) is 0 Å². The van der Waals surface area contributed by atoms with Gasteiger partial charge in [0.05, 0.1) is 5.57 Å². The molecule has 1 atom stereocenters. The Morgan fingerprint density at radius 1 is 1.64 bits per heavy atom. The number of hydrogen-bond acceptors (Lipinski definition) is 4. The fraction of sp³-hybridized carbons (Fsp3) is 0.167. The van der Waals surface area contributed by atoms with Crippen molar-refractivity contribution in [1.29, 1.82) is 0 Å². The van der Waals surface area contributed by atoms with Crippen LogP contribution in [-0.4, -0.2) is 32.7 Å². The number of aliphatic hydroxyl groups is 1. The Morgan fingerprint density at radius 3 is 2.73 bits per heavy atom. The van der Waals surface area contributed by atoms with Gasteiger partial charge in [0.2, 0.25) is 0 Å². The first-order chi connectivity index (χ1) is 5.11. The number of hydroxylamine groups is 2. The van der Waals surface area contributed by atoms with Gasteiger partial charge < -0.3 is 10.2 Å². The van der Waals surface area contributed by atoms with E-state index in [0.29, 0.717) is 5.06 Å². The van der Waals surface area contributed by atoms with Crippen LogP contribution in [0.1, 0.15) is 0 Å². The molecule has 0 aromatic heterocycles. The van der Waals surface area contributed by atoms with E-state index in [0.717, 1.165) is 12.3 Å². The van der Waals surface area contributed by atoms with Crippen molar-refractivity contribution in [2.75, 3.05) is 0 Å². The van der Waals surface area contributed by atoms with Crippen molar-refractivity contribution in [1.82, 2.24) is 5.06 Å². The maximum Gasteiger partial charge on any atom is 0.335 e. The molecule has 5 heteroatoms. The smallest absolute Gasteiger partial charge is 0.335 e. The van der Waals surface area contributed by atoms with Crippen LogP contribution >= 0.6 is 0 Å². The summed E-state index contributed by atoms with van der Waals surface area (Å²) in [5.41, 5.74) is -0.0391. The van der Waals surface area contributed by atoms with E-state index >= 15 is 0 Å². The molecule has 0 bridgehead atoms. The average molecular weight is 157 g/mol. The summed E-state index contributed by atoms with van der Waals surface area (Å²) >= 11 is 0. The lowest BCUT2D eigenvalue weighted by Crippen LogP contribution is -2.28. The topological polar surface area (TPSA) is 81.0 Å². The van der Waals surface area contributed by atoms with E-state index in [9.17, 15) is 4.79 Å². The first-order valence-corrected chi connectivity index (χ1v) is 2.90. The molecule has 0 saturated heterocycles. The number of carbonyl (C=O) groups is 1. The zero-order valence-electron chi connectivity index (χ0n) is 5.51. The summed E-state index contributed by atoms with van der Waals surface area (Å²) < 4.78 is 0. The third-order valence-corrected chi connectivity index (χ3v) is 1.25. The molecule has 3 N–H and O–H groups in total. The Hall–Kier alpha value is -1.33. The molecule has 1 aliphatic heterocycles. The largest absolute Gasteiger partial charge is 0.478 e. The normalized spacial score (nSPS) is 23.3. The second-order valence-electron chi connectivity index (χ2n) is 2.04. The van der Waals surface area contributed by atoms with Crippen molar-refractivity contribution in [3.05, 3.63) is 23.9 Å². The maximum absolute atomic E-state index is 10.3. The van der Waals surface area contributed by atoms with Gasteiger partial charge in [-0.15, -0.1) is 0 Å². The highest BCUT2D eigenvalue weighted by Crippen LogP contribution is 2.09. The minimum absolute atomic E-state index is 0.0391. The van der Waals surface area contributed by atoms with Gasteiger partial charge in [0.1, 0.15) is 0 Å². The van der Waals surface area contributed by atoms with Gasteiger partial charge in [-0.25, -0.2) is 9.86 Å². The van der Waals surface area contributed by atoms with Gasteiger partial charge in [0.25, 0.3) is 0 Å². The summed E-state index contributed by atoms with van der Waals surface area (Å²) in [5, 5.41) is 26.5. The molecule has 0 spiro atoms. The summed E-state index contributed by atoms with van der Waals surface area (Å²) in [4.78, 5) is 10.3. The summed E-state index contributed by atoms with van der Waals surface area (Å²) in [7, 11) is 0. The van der Waals surface area contributed by atoms with E-state index in [1.165, 1.54) is 6.08 Å². The molecule has 0 saturated carbocycles. The molecule has 0 aromatic rings. The highest BCUT2D eigenvalue weighted by atomic mass is 16.5. The van der Waals surface area contributed by atoms with Crippen molar-refractivity contribution < 1.29 is 20.2 Å². The van der Waals surface area contributed by atoms with Gasteiger partial charge in [-0.05, 0) is 12.2 Å². The summed E-state index contributed by atoms with van der Waals surface area (Å²) in [6, 6.07) is 0. The van der Waals surface area contributed by atoms with E-state index in [1.807, 2.05) is 0 Å². The molecule has 0 aliphatic carbocycles.